The highest BCUT2D eigenvalue weighted by atomic mass is 79.9. The van der Waals surface area contributed by atoms with Crippen LogP contribution in [0.2, 0.25) is 0 Å². The first-order chi connectivity index (χ1) is 5.18. The summed E-state index contributed by atoms with van der Waals surface area (Å²) in [7, 11) is 0. The molecule has 1 aromatic carbocycles. The van der Waals surface area contributed by atoms with Crippen molar-refractivity contribution in [2.24, 2.45) is 0 Å². The lowest BCUT2D eigenvalue weighted by molar-refractivity contribution is 0.460. The Hall–Kier alpha value is -0.440. The predicted octanol–water partition coefficient (Wildman–Crippen LogP) is 3.06. The Morgan fingerprint density at radius 2 is 1.82 bits per heavy atom. The van der Waals surface area contributed by atoms with Gasteiger partial charge in [0.15, 0.2) is 5.08 Å². The summed E-state index contributed by atoms with van der Waals surface area (Å²) in [4.78, 5) is 0. The van der Waals surface area contributed by atoms with Crippen molar-refractivity contribution in [3.63, 3.8) is 0 Å². The molecule has 0 aliphatic carbocycles. The lowest BCUT2D eigenvalue weighted by atomic mass is 10.2. The van der Waals surface area contributed by atoms with Crippen LogP contribution in [-0.2, 0) is 6.42 Å². The minimum Gasteiger partial charge on any atom is -0.235 e. The third kappa shape index (κ3) is 2.97. The molecule has 0 bridgehead atoms. The van der Waals surface area contributed by atoms with Crippen molar-refractivity contribution < 1.29 is 8.78 Å². The van der Waals surface area contributed by atoms with Gasteiger partial charge in [0, 0.05) is 6.42 Å². The van der Waals surface area contributed by atoms with E-state index in [2.05, 4.69) is 15.9 Å². The Bertz CT molecular complexity index is 218. The van der Waals surface area contributed by atoms with Gasteiger partial charge in [0.25, 0.3) is 0 Å². The van der Waals surface area contributed by atoms with Crippen molar-refractivity contribution in [1.29, 1.82) is 0 Å². The van der Waals surface area contributed by atoms with Crippen LogP contribution in [0.1, 0.15) is 5.56 Å². The molecular weight excluding hydrogens is 214 g/mol. The van der Waals surface area contributed by atoms with Gasteiger partial charge in [0.2, 0.25) is 0 Å². The predicted molar refractivity (Wildman–Crippen MR) is 43.9 cm³/mol. The SMILES string of the molecule is Fc1ccc(CC(F)Br)cc1. The molecule has 3 heteroatoms. The van der Waals surface area contributed by atoms with E-state index in [1.807, 2.05) is 0 Å². The topological polar surface area (TPSA) is 0 Å². The zero-order valence-corrected chi connectivity index (χ0v) is 7.31. The molecule has 1 unspecified atom stereocenters. The Morgan fingerprint density at radius 3 is 2.27 bits per heavy atom. The molecule has 1 atom stereocenters. The number of alkyl halides is 2. The van der Waals surface area contributed by atoms with E-state index in [-0.39, 0.29) is 12.2 Å². The Labute approximate surface area is 72.4 Å². The van der Waals surface area contributed by atoms with Crippen molar-refractivity contribution in [3.8, 4) is 0 Å². The van der Waals surface area contributed by atoms with Crippen LogP contribution in [0, 0.1) is 5.82 Å². The molecule has 0 amide bonds. The van der Waals surface area contributed by atoms with Crippen molar-refractivity contribution >= 4 is 15.9 Å². The third-order valence-corrected chi connectivity index (χ3v) is 1.63. The van der Waals surface area contributed by atoms with E-state index in [1.165, 1.54) is 12.1 Å². The molecule has 0 aliphatic heterocycles. The quantitative estimate of drug-likeness (QED) is 0.673. The molecule has 0 saturated heterocycles. The summed E-state index contributed by atoms with van der Waals surface area (Å²) in [5, 5.41) is -1.05. The van der Waals surface area contributed by atoms with E-state index < -0.39 is 5.08 Å². The molecule has 1 aromatic rings. The Morgan fingerprint density at radius 1 is 1.27 bits per heavy atom. The summed E-state index contributed by atoms with van der Waals surface area (Å²) in [6, 6.07) is 5.79. The van der Waals surface area contributed by atoms with Gasteiger partial charge in [-0.1, -0.05) is 28.1 Å². The Balaban J connectivity index is 2.66. The van der Waals surface area contributed by atoms with E-state index in [9.17, 15) is 8.78 Å². The van der Waals surface area contributed by atoms with Crippen molar-refractivity contribution in [1.82, 2.24) is 0 Å². The fraction of sp³-hybridized carbons (Fsp3) is 0.250. The number of rotatable bonds is 2. The summed E-state index contributed by atoms with van der Waals surface area (Å²) in [6.07, 6.45) is 0.278. The zero-order valence-electron chi connectivity index (χ0n) is 5.73. The molecule has 0 nitrogen and oxygen atoms in total. The maximum absolute atomic E-state index is 12.3. The van der Waals surface area contributed by atoms with Gasteiger partial charge in [-0.25, -0.2) is 8.78 Å². The highest BCUT2D eigenvalue weighted by Crippen LogP contribution is 2.11. The summed E-state index contributed by atoms with van der Waals surface area (Å²) < 4.78 is 24.6. The molecule has 60 valence electrons. The first kappa shape index (κ1) is 8.65. The van der Waals surface area contributed by atoms with Gasteiger partial charge in [-0.3, -0.25) is 0 Å². The summed E-state index contributed by atoms with van der Waals surface area (Å²) >= 11 is 2.77. The number of hydrogen-bond acceptors (Lipinski definition) is 0. The van der Waals surface area contributed by atoms with Crippen molar-refractivity contribution in [3.05, 3.63) is 35.6 Å². The summed E-state index contributed by atoms with van der Waals surface area (Å²) in [6.45, 7) is 0. The first-order valence-electron chi connectivity index (χ1n) is 3.21. The van der Waals surface area contributed by atoms with Crippen LogP contribution >= 0.6 is 15.9 Å². The highest BCUT2D eigenvalue weighted by molar-refractivity contribution is 9.09. The van der Waals surface area contributed by atoms with Crippen LogP contribution in [0.25, 0.3) is 0 Å². The molecule has 0 aromatic heterocycles. The third-order valence-electron chi connectivity index (χ3n) is 1.30. The molecule has 0 fully saturated rings. The lowest BCUT2D eigenvalue weighted by Gasteiger charge is -1.99. The van der Waals surface area contributed by atoms with E-state index >= 15 is 0 Å². The second-order valence-electron chi connectivity index (χ2n) is 2.22. The first-order valence-corrected chi connectivity index (χ1v) is 4.12. The Kier molecular flexibility index (Phi) is 3.00. The van der Waals surface area contributed by atoms with Crippen LogP contribution in [0.4, 0.5) is 8.78 Å². The average molecular weight is 221 g/mol. The molecule has 11 heavy (non-hydrogen) atoms. The molecule has 0 radical (unpaired) electrons. The normalized spacial score (nSPS) is 13.0. The highest BCUT2D eigenvalue weighted by Gasteiger charge is 2.01. The molecular formula is C8H7BrF2. The molecule has 0 spiro atoms. The minimum atomic E-state index is -1.05. The second-order valence-corrected chi connectivity index (χ2v) is 3.22. The van der Waals surface area contributed by atoms with E-state index in [0.717, 1.165) is 5.56 Å². The summed E-state index contributed by atoms with van der Waals surface area (Å²) in [5.74, 6) is -0.293. The maximum Gasteiger partial charge on any atom is 0.158 e. The minimum absolute atomic E-state index is 0.278. The zero-order chi connectivity index (χ0) is 8.27. The molecule has 0 N–H and O–H groups in total. The van der Waals surface area contributed by atoms with E-state index in [4.69, 9.17) is 0 Å². The van der Waals surface area contributed by atoms with Gasteiger partial charge in [-0.2, -0.15) is 0 Å². The molecule has 0 aliphatic rings. The van der Waals surface area contributed by atoms with Crippen LogP contribution in [0.5, 0.6) is 0 Å². The fourth-order valence-electron chi connectivity index (χ4n) is 0.799. The van der Waals surface area contributed by atoms with Gasteiger partial charge < -0.3 is 0 Å². The monoisotopic (exact) mass is 220 g/mol. The smallest absolute Gasteiger partial charge is 0.158 e. The maximum atomic E-state index is 12.3. The van der Waals surface area contributed by atoms with Crippen LogP contribution in [0.3, 0.4) is 0 Å². The molecule has 0 saturated carbocycles. The largest absolute Gasteiger partial charge is 0.235 e. The van der Waals surface area contributed by atoms with E-state index in [1.54, 1.807) is 12.1 Å². The van der Waals surface area contributed by atoms with Gasteiger partial charge in [0.1, 0.15) is 5.82 Å². The average Bonchev–Trinajstić information content (AvgIpc) is 1.93. The fourth-order valence-corrected chi connectivity index (χ4v) is 1.17. The van der Waals surface area contributed by atoms with E-state index in [0.29, 0.717) is 0 Å². The van der Waals surface area contributed by atoms with Crippen LogP contribution < -0.4 is 0 Å². The number of hydrogen-bond donors (Lipinski definition) is 0. The number of halogens is 3. The van der Waals surface area contributed by atoms with Gasteiger partial charge in [-0.15, -0.1) is 0 Å². The number of benzene rings is 1. The summed E-state index contributed by atoms with van der Waals surface area (Å²) in [5.41, 5.74) is 0.788. The van der Waals surface area contributed by atoms with Crippen molar-refractivity contribution in [2.75, 3.05) is 0 Å². The second kappa shape index (κ2) is 3.81. The van der Waals surface area contributed by atoms with Gasteiger partial charge in [-0.05, 0) is 17.7 Å². The van der Waals surface area contributed by atoms with Crippen molar-refractivity contribution in [2.45, 2.75) is 11.5 Å². The van der Waals surface area contributed by atoms with Crippen LogP contribution in [0.15, 0.2) is 24.3 Å². The van der Waals surface area contributed by atoms with Gasteiger partial charge in [0.05, 0.1) is 0 Å². The van der Waals surface area contributed by atoms with Crippen LogP contribution in [-0.4, -0.2) is 5.08 Å². The van der Waals surface area contributed by atoms with Gasteiger partial charge >= 0.3 is 0 Å². The molecule has 1 rings (SSSR count). The molecule has 0 heterocycles. The standard InChI is InChI=1S/C8H7BrF2/c9-8(11)5-6-1-3-7(10)4-2-6/h1-4,8H,5H2. The lowest BCUT2D eigenvalue weighted by Crippen LogP contribution is -1.93.